The monoisotopic (exact) mass is 907 g/mol. The maximum Gasteiger partial charge on any atom is 0.338 e. The van der Waals surface area contributed by atoms with Gasteiger partial charge in [-0.15, -0.1) is 11.5 Å². The second kappa shape index (κ2) is 20.8. The van der Waals surface area contributed by atoms with E-state index < -0.39 is 17.7 Å². The molecule has 4 fully saturated rings. The van der Waals surface area contributed by atoms with Crippen molar-refractivity contribution in [1.82, 2.24) is 35.5 Å². The van der Waals surface area contributed by atoms with Crippen molar-refractivity contribution in [2.24, 2.45) is 11.3 Å². The molecule has 12 nitrogen and oxygen atoms in total. The molecule has 14 heteroatoms. The lowest BCUT2D eigenvalue weighted by molar-refractivity contribution is -0.140. The van der Waals surface area contributed by atoms with Crippen LogP contribution in [0.5, 0.6) is 11.8 Å². The number of rotatable bonds is 18. The molecule has 4 aromatic rings. The summed E-state index contributed by atoms with van der Waals surface area (Å²) in [7, 11) is 0. The Balaban J connectivity index is 0.810. The zero-order valence-electron chi connectivity index (χ0n) is 39.3. The van der Waals surface area contributed by atoms with Crippen LogP contribution in [0, 0.1) is 35.3 Å². The van der Waals surface area contributed by atoms with E-state index in [1.165, 1.54) is 56.4 Å². The number of pyridine rings is 1. The summed E-state index contributed by atoms with van der Waals surface area (Å²) in [5.41, 5.74) is -0.277. The van der Waals surface area contributed by atoms with Crippen LogP contribution in [-0.2, 0) is 9.59 Å². The summed E-state index contributed by atoms with van der Waals surface area (Å²) in [5, 5.41) is 20.5. The van der Waals surface area contributed by atoms with Crippen molar-refractivity contribution < 1.29 is 28.3 Å². The number of unbranched alkanes of at least 4 members (excludes halogenated alkanes) is 8. The van der Waals surface area contributed by atoms with Crippen LogP contribution in [0.15, 0.2) is 30.5 Å². The Morgan fingerprint density at radius 3 is 2.35 bits per heavy atom. The number of phenolic OH excluding ortho intramolecular Hbond substituents is 1. The number of fused-ring (bicyclic) bond motifs is 4. The Labute approximate surface area is 388 Å². The molecular weight excluding hydrogens is 839 g/mol. The Morgan fingerprint density at radius 1 is 0.955 bits per heavy atom. The number of phenols is 1. The average Bonchev–Trinajstić information content (AvgIpc) is 4.02. The van der Waals surface area contributed by atoms with Crippen molar-refractivity contribution in [3.8, 4) is 35.4 Å². The lowest BCUT2D eigenvalue weighted by Gasteiger charge is -2.35. The SMILES string of the molecule is C#Cc1c(F)ccc2cc(O)cc(-c3ncc4c(N5CC6CCC(C5)N6)nc(ON5CCC(CCCCCCCCCCCC(=O)NC(C(=O)N6CCC[C@H]6C)C(C)(C)C)C5)nc4c3F)c12. The van der Waals surface area contributed by atoms with Crippen LogP contribution >= 0.6 is 0 Å². The molecule has 0 spiro atoms. The smallest absolute Gasteiger partial charge is 0.338 e. The van der Waals surface area contributed by atoms with Gasteiger partial charge in [0.1, 0.15) is 34.6 Å². The number of nitrogens with zero attached hydrogens (tertiary/aromatic N) is 6. The quantitative estimate of drug-likeness (QED) is 0.0655. The Bertz CT molecular complexity index is 2420. The number of halogens is 2. The van der Waals surface area contributed by atoms with E-state index in [1.807, 2.05) is 30.7 Å². The molecule has 4 saturated heterocycles. The van der Waals surface area contributed by atoms with E-state index in [-0.39, 0.29) is 62.8 Å². The Morgan fingerprint density at radius 2 is 1.67 bits per heavy atom. The van der Waals surface area contributed by atoms with E-state index >= 15 is 4.39 Å². The number of amides is 2. The molecule has 6 heterocycles. The molecule has 8 rings (SSSR count). The molecule has 2 bridgehead atoms. The molecule has 4 unspecified atom stereocenters. The van der Waals surface area contributed by atoms with E-state index in [9.17, 15) is 19.1 Å². The second-order valence-electron chi connectivity index (χ2n) is 20.5. The maximum atomic E-state index is 17.0. The molecular formula is C52H68F2N8O4. The van der Waals surface area contributed by atoms with Crippen molar-refractivity contribution in [1.29, 1.82) is 0 Å². The largest absolute Gasteiger partial charge is 0.508 e. The van der Waals surface area contributed by atoms with Gasteiger partial charge in [0.25, 0.3) is 0 Å². The van der Waals surface area contributed by atoms with Crippen molar-refractivity contribution in [2.75, 3.05) is 37.6 Å². The molecule has 0 saturated carbocycles. The van der Waals surface area contributed by atoms with Crippen LogP contribution in [-0.4, -0.2) is 98.7 Å². The van der Waals surface area contributed by atoms with Crippen LogP contribution in [0.25, 0.3) is 32.9 Å². The van der Waals surface area contributed by atoms with Crippen LogP contribution in [0.3, 0.4) is 0 Å². The molecule has 2 amide bonds. The molecule has 4 aliphatic heterocycles. The number of terminal acetylenes is 1. The zero-order chi connectivity index (χ0) is 46.5. The van der Waals surface area contributed by atoms with Crippen molar-refractivity contribution in [3.63, 3.8) is 0 Å². The number of hydrogen-bond donors (Lipinski definition) is 3. The van der Waals surface area contributed by atoms with Gasteiger partial charge in [0.05, 0.1) is 10.9 Å². The molecule has 2 aromatic carbocycles. The fraction of sp³-hybridized carbons (Fsp3) is 0.596. The standard InChI is InChI=1S/C52H68F2N8O4/c1-6-39-42(53)23-20-35-27-38(63)28-40(44(35)39)46-45(54)47-41(29-55-46)49(60-31-36-21-22-37(32-60)56-36)59-51(58-47)66-61-26-24-34(30-61)18-14-12-10-8-7-9-11-13-15-19-43(64)57-48(52(3,4)5)50(65)62-25-16-17-33(62)2/h1,20,23,27-29,33-34,36-37,48,56,63H,7-19,21-22,24-26,30-32H2,2-5H3,(H,57,64)/t33-,34?,36?,37?,48?/m1/s1. The highest BCUT2D eigenvalue weighted by molar-refractivity contribution is 6.03. The topological polar surface area (TPSA) is 136 Å². The molecule has 0 radical (unpaired) electrons. The van der Waals surface area contributed by atoms with E-state index in [2.05, 4.69) is 38.3 Å². The second-order valence-corrected chi connectivity index (χ2v) is 20.5. The van der Waals surface area contributed by atoms with Gasteiger partial charge in [-0.25, -0.2) is 8.78 Å². The summed E-state index contributed by atoms with van der Waals surface area (Å²) in [6, 6.07) is 5.97. The molecule has 66 heavy (non-hydrogen) atoms. The number of benzene rings is 2. The number of hydrogen-bond acceptors (Lipinski definition) is 10. The number of carbonyl (C=O) groups is 2. The minimum absolute atomic E-state index is 0.0238. The summed E-state index contributed by atoms with van der Waals surface area (Å²) in [4.78, 5) is 50.7. The maximum absolute atomic E-state index is 17.0. The van der Waals surface area contributed by atoms with E-state index in [0.717, 1.165) is 77.3 Å². The third kappa shape index (κ3) is 10.8. The summed E-state index contributed by atoms with van der Waals surface area (Å²) < 4.78 is 32.0. The van der Waals surface area contributed by atoms with Crippen molar-refractivity contribution >= 4 is 39.3 Å². The summed E-state index contributed by atoms with van der Waals surface area (Å²) in [6.07, 6.45) is 24.1. The van der Waals surface area contributed by atoms with Gasteiger partial charge < -0.3 is 30.4 Å². The molecule has 5 atom stereocenters. The zero-order valence-corrected chi connectivity index (χ0v) is 39.3. The number of hydroxylamine groups is 2. The predicted octanol–water partition coefficient (Wildman–Crippen LogP) is 9.20. The van der Waals surface area contributed by atoms with Gasteiger partial charge in [0.2, 0.25) is 11.8 Å². The van der Waals surface area contributed by atoms with Gasteiger partial charge in [-0.05, 0) is 86.8 Å². The number of nitrogens with one attached hydrogen (secondary N) is 2. The number of aromatic hydroxyl groups is 1. The average molecular weight is 907 g/mol. The predicted molar refractivity (Wildman–Crippen MR) is 255 cm³/mol. The van der Waals surface area contributed by atoms with Crippen LogP contribution in [0.1, 0.15) is 136 Å². The minimum Gasteiger partial charge on any atom is -0.508 e. The van der Waals surface area contributed by atoms with E-state index in [1.54, 1.807) is 6.20 Å². The van der Waals surface area contributed by atoms with Gasteiger partial charge in [-0.1, -0.05) is 84.1 Å². The number of aromatic nitrogens is 3. The molecule has 2 aromatic heterocycles. The fourth-order valence-corrected chi connectivity index (χ4v) is 10.7. The summed E-state index contributed by atoms with van der Waals surface area (Å²) in [6.45, 7) is 11.8. The first-order valence-corrected chi connectivity index (χ1v) is 24.6. The highest BCUT2D eigenvalue weighted by Crippen LogP contribution is 2.40. The first-order chi connectivity index (χ1) is 31.8. The lowest BCUT2D eigenvalue weighted by Crippen LogP contribution is -2.55. The number of piperazine rings is 1. The highest BCUT2D eigenvalue weighted by atomic mass is 19.1. The molecule has 4 aliphatic rings. The first kappa shape index (κ1) is 47.4. The van der Waals surface area contributed by atoms with Gasteiger partial charge in [0, 0.05) is 74.4 Å². The minimum atomic E-state index is -0.732. The third-order valence-electron chi connectivity index (χ3n) is 14.3. The Kier molecular flexibility index (Phi) is 14.9. The molecule has 354 valence electrons. The molecule has 0 aliphatic carbocycles. The van der Waals surface area contributed by atoms with Crippen molar-refractivity contribution in [3.05, 3.63) is 47.7 Å². The van der Waals surface area contributed by atoms with Crippen LogP contribution in [0.4, 0.5) is 14.6 Å². The number of carbonyl (C=O) groups excluding carboxylic acids is 2. The summed E-state index contributed by atoms with van der Waals surface area (Å²) >= 11 is 0. The number of anilines is 1. The van der Waals surface area contributed by atoms with Gasteiger partial charge in [-0.3, -0.25) is 14.6 Å². The normalized spacial score (nSPS) is 21.5. The highest BCUT2D eigenvalue weighted by Gasteiger charge is 2.39. The van der Waals surface area contributed by atoms with Crippen LogP contribution < -0.4 is 20.4 Å². The number of likely N-dealkylation sites (tertiary alicyclic amines) is 1. The van der Waals surface area contributed by atoms with Gasteiger partial charge in [-0.2, -0.15) is 9.97 Å². The first-order valence-electron chi connectivity index (χ1n) is 24.6. The third-order valence-corrected chi connectivity index (χ3v) is 14.3. The van der Waals surface area contributed by atoms with Gasteiger partial charge >= 0.3 is 6.01 Å². The molecule has 3 N–H and O–H groups in total. The van der Waals surface area contributed by atoms with E-state index in [0.29, 0.717) is 60.6 Å². The fourth-order valence-electron chi connectivity index (χ4n) is 10.7. The van der Waals surface area contributed by atoms with Crippen molar-refractivity contribution in [2.45, 2.75) is 155 Å². The van der Waals surface area contributed by atoms with Crippen LogP contribution in [0.2, 0.25) is 0 Å². The lowest BCUT2D eigenvalue weighted by atomic mass is 9.85. The Hall–Kier alpha value is -5.13. The van der Waals surface area contributed by atoms with Gasteiger partial charge in [0.15, 0.2) is 5.82 Å². The van der Waals surface area contributed by atoms with E-state index in [4.69, 9.17) is 16.2 Å². The summed E-state index contributed by atoms with van der Waals surface area (Å²) in [5.74, 6) is 1.99.